The molecule has 1 saturated carbocycles. The molecular weight excluding hydrogens is 615 g/mol. The molecule has 5 rings (SSSR count). The predicted octanol–water partition coefficient (Wildman–Crippen LogP) is 6.61. The fraction of sp³-hybridized carbons (Fsp3) is 0.514. The van der Waals surface area contributed by atoms with Gasteiger partial charge in [-0.1, -0.05) is 63.8 Å². The Kier molecular flexibility index (Phi) is 11.8. The third kappa shape index (κ3) is 8.46. The average Bonchev–Trinajstić information content (AvgIpc) is 3.33. The molecule has 0 spiro atoms. The molecule has 2 heterocycles. The lowest BCUT2D eigenvalue weighted by molar-refractivity contribution is -0.138. The number of hydrogen-bond acceptors (Lipinski definition) is 6. The van der Waals surface area contributed by atoms with Crippen LogP contribution in [0.3, 0.4) is 0 Å². The molecule has 0 radical (unpaired) electrons. The van der Waals surface area contributed by atoms with Gasteiger partial charge in [-0.2, -0.15) is 0 Å². The Morgan fingerprint density at radius 2 is 1.68 bits per heavy atom. The summed E-state index contributed by atoms with van der Waals surface area (Å²) in [6.45, 7) is 6.15. The molecule has 2 aliphatic rings. The number of carbonyl (C=O) groups is 4. The van der Waals surface area contributed by atoms with Gasteiger partial charge in [-0.3, -0.25) is 19.2 Å². The van der Waals surface area contributed by atoms with Gasteiger partial charge >= 0.3 is 0 Å². The number of Topliss-reactive ketones (excluding diaryl/α,β-unsaturated/α-hetero) is 1. The summed E-state index contributed by atoms with van der Waals surface area (Å²) in [6, 6.07) is 11.5. The monoisotopic (exact) mass is 662 g/mol. The fourth-order valence-electron chi connectivity index (χ4n) is 6.92. The second kappa shape index (κ2) is 16.0. The Morgan fingerprint density at radius 1 is 0.979 bits per heavy atom. The van der Waals surface area contributed by atoms with E-state index in [-0.39, 0.29) is 48.0 Å². The summed E-state index contributed by atoms with van der Waals surface area (Å²) >= 11 is 1.52. The highest BCUT2D eigenvalue weighted by Crippen LogP contribution is 2.35. The summed E-state index contributed by atoms with van der Waals surface area (Å²) < 4.78 is 16.8. The number of thiophene rings is 1. The molecule has 0 unspecified atom stereocenters. The Morgan fingerprint density at radius 3 is 2.36 bits per heavy atom. The molecule has 8 nitrogen and oxygen atoms in total. The van der Waals surface area contributed by atoms with E-state index in [0.29, 0.717) is 24.2 Å². The Hall–Kier alpha value is -3.63. The average molecular weight is 663 g/mol. The Balaban J connectivity index is 1.34. The molecule has 3 aromatic rings. The van der Waals surface area contributed by atoms with E-state index < -0.39 is 23.7 Å². The number of piperazine rings is 1. The number of likely N-dealkylation sites (N-methyl/N-ethyl adjacent to an activating group) is 1. The van der Waals surface area contributed by atoms with Gasteiger partial charge in [0.25, 0.3) is 0 Å². The zero-order chi connectivity index (χ0) is 33.5. The van der Waals surface area contributed by atoms with Crippen molar-refractivity contribution in [3.63, 3.8) is 0 Å². The quantitative estimate of drug-likeness (QED) is 0.178. The van der Waals surface area contributed by atoms with E-state index in [1.165, 1.54) is 23.5 Å². The van der Waals surface area contributed by atoms with Crippen molar-refractivity contribution < 1.29 is 23.6 Å². The number of anilines is 1. The van der Waals surface area contributed by atoms with Crippen LogP contribution < -0.4 is 10.6 Å². The number of fused-ring (bicyclic) bond motifs is 1. The topological polar surface area (TPSA) is 98.8 Å². The zero-order valence-electron chi connectivity index (χ0n) is 27.7. The highest BCUT2D eigenvalue weighted by molar-refractivity contribution is 7.17. The predicted molar refractivity (Wildman–Crippen MR) is 185 cm³/mol. The summed E-state index contributed by atoms with van der Waals surface area (Å²) in [5.74, 6) is -2.50. The minimum atomic E-state index is -0.843. The lowest BCUT2D eigenvalue weighted by atomic mass is 9.81. The summed E-state index contributed by atoms with van der Waals surface area (Å²) in [5, 5.41) is 8.46. The van der Waals surface area contributed by atoms with Crippen molar-refractivity contribution in [1.29, 1.82) is 0 Å². The largest absolute Gasteiger partial charge is 0.344 e. The highest BCUT2D eigenvalue weighted by Gasteiger charge is 2.34. The number of nitrogens with one attached hydrogen (secondary N) is 2. The lowest BCUT2D eigenvalue weighted by Crippen LogP contribution is -2.55. The van der Waals surface area contributed by atoms with E-state index in [1.807, 2.05) is 43.6 Å². The molecule has 1 saturated heterocycles. The maximum Gasteiger partial charge on any atom is 0.245 e. The smallest absolute Gasteiger partial charge is 0.245 e. The fourth-order valence-corrected chi connectivity index (χ4v) is 7.89. The lowest BCUT2D eigenvalue weighted by Gasteiger charge is -2.36. The van der Waals surface area contributed by atoms with Crippen molar-refractivity contribution in [2.45, 2.75) is 77.2 Å². The zero-order valence-corrected chi connectivity index (χ0v) is 28.5. The number of hydrogen-bond donors (Lipinski definition) is 2. The van der Waals surface area contributed by atoms with Crippen molar-refractivity contribution in [2.75, 3.05) is 38.5 Å². The first-order valence-electron chi connectivity index (χ1n) is 17.0. The van der Waals surface area contributed by atoms with Crippen LogP contribution in [0.2, 0.25) is 0 Å². The maximum atomic E-state index is 15.7. The third-order valence-electron chi connectivity index (χ3n) is 9.99. The molecule has 2 N–H and O–H groups in total. The molecule has 1 aromatic heterocycles. The first kappa shape index (κ1) is 34.7. The van der Waals surface area contributed by atoms with Gasteiger partial charge in [0.1, 0.15) is 11.9 Å². The SMILES string of the molecule is CCC(=O)N[C@@H](C(=O)N1CCN(C)CC1)[C@@H](C)c1ccc(NC(=O)[C@@H](CC(=O)c2csc3ccccc23)C2CCCCCC2)c(F)c1. The van der Waals surface area contributed by atoms with Gasteiger partial charge in [0.2, 0.25) is 17.7 Å². The van der Waals surface area contributed by atoms with Crippen molar-refractivity contribution in [3.8, 4) is 0 Å². The van der Waals surface area contributed by atoms with E-state index in [1.54, 1.807) is 17.9 Å². The van der Waals surface area contributed by atoms with Crippen LogP contribution in [0.5, 0.6) is 0 Å². The molecule has 3 atom stereocenters. The molecule has 2 aromatic carbocycles. The van der Waals surface area contributed by atoms with Crippen LogP contribution >= 0.6 is 11.3 Å². The van der Waals surface area contributed by atoms with Crippen molar-refractivity contribution in [3.05, 3.63) is 64.8 Å². The molecule has 252 valence electrons. The second-order valence-electron chi connectivity index (χ2n) is 13.2. The van der Waals surface area contributed by atoms with E-state index in [9.17, 15) is 19.2 Å². The number of carbonyl (C=O) groups excluding carboxylic acids is 4. The van der Waals surface area contributed by atoms with Gasteiger partial charge in [-0.15, -0.1) is 11.3 Å². The van der Waals surface area contributed by atoms with Gasteiger partial charge in [-0.05, 0) is 49.6 Å². The first-order chi connectivity index (χ1) is 22.7. The van der Waals surface area contributed by atoms with Gasteiger partial charge < -0.3 is 20.4 Å². The summed E-state index contributed by atoms with van der Waals surface area (Å²) in [5.41, 5.74) is 1.22. The van der Waals surface area contributed by atoms with Crippen molar-refractivity contribution in [1.82, 2.24) is 15.1 Å². The summed E-state index contributed by atoms with van der Waals surface area (Å²) in [6.07, 6.45) is 6.26. The first-order valence-corrected chi connectivity index (χ1v) is 17.9. The summed E-state index contributed by atoms with van der Waals surface area (Å²) in [4.78, 5) is 57.4. The minimum absolute atomic E-state index is 0.0391. The molecule has 3 amide bonds. The van der Waals surface area contributed by atoms with Gasteiger partial charge in [0, 0.05) is 71.9 Å². The standard InChI is InChI=1S/C37H47FN4O4S/c1-4-34(44)40-35(37(46)42-19-17-41(3)18-20-42)24(2)26-15-16-31(30(38)21-26)39-36(45)28(25-11-7-5-6-8-12-25)22-32(43)29-23-47-33-14-10-9-13-27(29)33/h9-10,13-16,21,23-25,28,35H,4-8,11-12,17-20,22H2,1-3H3,(H,39,45)(H,40,44)/t24-,28-,35+/m0/s1. The van der Waals surface area contributed by atoms with Crippen LogP contribution in [0.15, 0.2) is 47.8 Å². The number of halogens is 1. The minimum Gasteiger partial charge on any atom is -0.344 e. The van der Waals surface area contributed by atoms with Crippen LogP contribution in [0.4, 0.5) is 10.1 Å². The van der Waals surface area contributed by atoms with E-state index in [4.69, 9.17) is 0 Å². The van der Waals surface area contributed by atoms with Crippen molar-refractivity contribution >= 4 is 50.6 Å². The van der Waals surface area contributed by atoms with E-state index >= 15 is 4.39 Å². The number of rotatable bonds is 11. The van der Waals surface area contributed by atoms with Gasteiger partial charge in [-0.25, -0.2) is 4.39 Å². The van der Waals surface area contributed by atoms with Gasteiger partial charge in [0.15, 0.2) is 5.78 Å². The molecule has 10 heteroatoms. The van der Waals surface area contributed by atoms with Crippen LogP contribution in [-0.4, -0.2) is 72.6 Å². The molecule has 0 bridgehead atoms. The number of benzene rings is 2. The Bertz CT molecular complexity index is 1580. The highest BCUT2D eigenvalue weighted by atomic mass is 32.1. The maximum absolute atomic E-state index is 15.7. The number of ketones is 1. The number of amides is 3. The molecule has 1 aliphatic carbocycles. The normalized spacial score (nSPS) is 18.3. The molecule has 2 fully saturated rings. The second-order valence-corrected chi connectivity index (χ2v) is 14.1. The number of nitrogens with zero attached hydrogens (tertiary/aromatic N) is 2. The van der Waals surface area contributed by atoms with Crippen LogP contribution in [0, 0.1) is 17.7 Å². The van der Waals surface area contributed by atoms with Crippen LogP contribution in [-0.2, 0) is 14.4 Å². The van der Waals surface area contributed by atoms with Crippen molar-refractivity contribution in [2.24, 2.45) is 11.8 Å². The van der Waals surface area contributed by atoms with Crippen LogP contribution in [0.1, 0.15) is 87.1 Å². The third-order valence-corrected chi connectivity index (χ3v) is 11.0. The molecule has 47 heavy (non-hydrogen) atoms. The van der Waals surface area contributed by atoms with Crippen LogP contribution in [0.25, 0.3) is 10.1 Å². The van der Waals surface area contributed by atoms with E-state index in [2.05, 4.69) is 15.5 Å². The Labute approximate surface area is 281 Å². The summed E-state index contributed by atoms with van der Waals surface area (Å²) in [7, 11) is 2.01. The van der Waals surface area contributed by atoms with E-state index in [0.717, 1.165) is 61.7 Å². The van der Waals surface area contributed by atoms with Gasteiger partial charge in [0.05, 0.1) is 5.69 Å². The molecular formula is C37H47FN4O4S. The molecule has 1 aliphatic heterocycles.